The van der Waals surface area contributed by atoms with Gasteiger partial charge in [-0.3, -0.25) is 4.79 Å². The minimum Gasteiger partial charge on any atom is -0.398 e. The summed E-state index contributed by atoms with van der Waals surface area (Å²) < 4.78 is 0. The van der Waals surface area contributed by atoms with Crippen molar-refractivity contribution in [2.75, 3.05) is 5.73 Å². The Kier molecular flexibility index (Phi) is 15.7. The van der Waals surface area contributed by atoms with Crippen LogP contribution in [0.1, 0.15) is 63.0 Å². The van der Waals surface area contributed by atoms with Gasteiger partial charge in [-0.25, -0.2) is 0 Å². The van der Waals surface area contributed by atoms with Gasteiger partial charge in [0.1, 0.15) is 0 Å². The molecule has 0 radical (unpaired) electrons. The molecule has 1 amide bonds. The van der Waals surface area contributed by atoms with Gasteiger partial charge < -0.3 is 11.1 Å². The maximum absolute atomic E-state index is 12.0. The minimum absolute atomic E-state index is 0.170. The summed E-state index contributed by atoms with van der Waals surface area (Å²) in [5.74, 6) is -0.170. The van der Waals surface area contributed by atoms with Crippen molar-refractivity contribution < 1.29 is 4.79 Å². The number of nitrogen functional groups attached to an aromatic ring is 1. The van der Waals surface area contributed by atoms with Crippen molar-refractivity contribution in [1.82, 2.24) is 5.32 Å². The van der Waals surface area contributed by atoms with Crippen LogP contribution in [0.2, 0.25) is 5.02 Å². The normalized spacial score (nSPS) is 8.48. The number of anilines is 1. The van der Waals surface area contributed by atoms with Crippen LogP contribution in [-0.4, -0.2) is 5.91 Å². The molecule has 0 aliphatic rings. The van der Waals surface area contributed by atoms with E-state index in [1.54, 1.807) is 24.3 Å². The number of benzene rings is 2. The van der Waals surface area contributed by atoms with Crippen LogP contribution in [0.25, 0.3) is 0 Å². The number of carbonyl (C=O) groups excluding carboxylic acids is 1. The Hall–Kier alpha value is -2.00. The molecule has 0 aliphatic carbocycles. The van der Waals surface area contributed by atoms with E-state index in [0.29, 0.717) is 22.8 Å². The highest BCUT2D eigenvalue weighted by molar-refractivity contribution is 6.30. The predicted octanol–water partition coefficient (Wildman–Crippen LogP) is 6.24. The summed E-state index contributed by atoms with van der Waals surface area (Å²) in [4.78, 5) is 12.0. The third kappa shape index (κ3) is 9.78. The second-order valence-corrected chi connectivity index (χ2v) is 4.84. The van der Waals surface area contributed by atoms with Crippen LogP contribution >= 0.6 is 11.6 Å². The van der Waals surface area contributed by atoms with Crippen LogP contribution in [0.15, 0.2) is 42.5 Å². The predicted molar refractivity (Wildman–Crippen MR) is 112 cm³/mol. The number of hydrogen-bond acceptors (Lipinski definition) is 2. The molecule has 4 heteroatoms. The van der Waals surface area contributed by atoms with E-state index in [1.807, 2.05) is 66.7 Å². The second-order valence-electron chi connectivity index (χ2n) is 4.40. The first-order valence-electron chi connectivity index (χ1n) is 8.95. The molecule has 0 heterocycles. The summed E-state index contributed by atoms with van der Waals surface area (Å²) in [6, 6.07) is 12.8. The van der Waals surface area contributed by atoms with Crippen molar-refractivity contribution >= 4 is 23.2 Å². The summed E-state index contributed by atoms with van der Waals surface area (Å²) in [6.07, 6.45) is 0. The quantitative estimate of drug-likeness (QED) is 0.633. The summed E-state index contributed by atoms with van der Waals surface area (Å²) in [5, 5.41) is 3.52. The molecule has 0 aromatic heterocycles. The third-order valence-corrected chi connectivity index (χ3v) is 3.07. The van der Waals surface area contributed by atoms with Crippen molar-refractivity contribution in [3.8, 4) is 0 Å². The Bertz CT molecular complexity index is 595. The Morgan fingerprint density at radius 3 is 2.00 bits per heavy atom. The Morgan fingerprint density at radius 2 is 1.48 bits per heavy atom. The van der Waals surface area contributed by atoms with Gasteiger partial charge in [0.05, 0.1) is 5.56 Å². The zero-order valence-electron chi connectivity index (χ0n) is 16.6. The molecule has 2 rings (SSSR count). The number of rotatable bonds is 3. The number of aryl methyl sites for hydroxylation is 1. The van der Waals surface area contributed by atoms with Crippen molar-refractivity contribution in [1.29, 1.82) is 0 Å². The highest BCUT2D eigenvalue weighted by atomic mass is 35.5. The first kappa shape index (κ1) is 25.2. The molecule has 2 aromatic rings. The topological polar surface area (TPSA) is 55.1 Å². The summed E-state index contributed by atoms with van der Waals surface area (Å²) in [6.45, 7) is 14.4. The summed E-state index contributed by atoms with van der Waals surface area (Å²) in [5.41, 5.74) is 8.79. The number of amides is 1. The molecule has 0 aliphatic heterocycles. The van der Waals surface area contributed by atoms with Crippen molar-refractivity contribution in [3.63, 3.8) is 0 Å². The lowest BCUT2D eigenvalue weighted by Crippen LogP contribution is -2.23. The molecule has 25 heavy (non-hydrogen) atoms. The lowest BCUT2D eigenvalue weighted by Gasteiger charge is -2.08. The van der Waals surface area contributed by atoms with Crippen molar-refractivity contribution in [3.05, 3.63) is 64.2 Å². The zero-order chi connectivity index (χ0) is 19.8. The maximum atomic E-state index is 12.0. The highest BCUT2D eigenvalue weighted by Crippen LogP contribution is 2.14. The number of nitrogens with one attached hydrogen (secondary N) is 1. The van der Waals surface area contributed by atoms with E-state index in [1.165, 1.54) is 0 Å². The largest absolute Gasteiger partial charge is 0.398 e. The lowest BCUT2D eigenvalue weighted by atomic mass is 10.1. The first-order valence-corrected chi connectivity index (χ1v) is 9.33. The molecule has 0 atom stereocenters. The SMILES string of the molecule is CC.CC.CC.Cc1ccc(N)c(C(=O)NCc2ccc(Cl)cc2)c1. The molecule has 3 nitrogen and oxygen atoms in total. The van der Waals surface area contributed by atoms with Crippen LogP contribution in [-0.2, 0) is 6.54 Å². The molecule has 0 saturated carbocycles. The van der Waals surface area contributed by atoms with Gasteiger partial charge in [-0.15, -0.1) is 0 Å². The van der Waals surface area contributed by atoms with Crippen LogP contribution in [0.3, 0.4) is 0 Å². The molecule has 0 spiro atoms. The van der Waals surface area contributed by atoms with Gasteiger partial charge in [0.2, 0.25) is 0 Å². The van der Waals surface area contributed by atoms with Gasteiger partial charge in [0.15, 0.2) is 0 Å². The average Bonchev–Trinajstić information content (AvgIpc) is 2.68. The zero-order valence-corrected chi connectivity index (χ0v) is 17.4. The molecule has 0 saturated heterocycles. The Morgan fingerprint density at radius 1 is 0.960 bits per heavy atom. The molecule has 0 bridgehead atoms. The molecule has 2 aromatic carbocycles. The lowest BCUT2D eigenvalue weighted by molar-refractivity contribution is 0.0951. The van der Waals surface area contributed by atoms with E-state index in [0.717, 1.165) is 11.1 Å². The van der Waals surface area contributed by atoms with Gasteiger partial charge in [0, 0.05) is 17.3 Å². The summed E-state index contributed by atoms with van der Waals surface area (Å²) in [7, 11) is 0. The molecule has 3 N–H and O–H groups in total. The summed E-state index contributed by atoms with van der Waals surface area (Å²) >= 11 is 5.80. The standard InChI is InChI=1S/C15H15ClN2O.3C2H6/c1-10-2-7-14(17)13(8-10)15(19)18-9-11-3-5-12(16)6-4-11;3*1-2/h2-8H,9,17H2,1H3,(H,18,19);3*1-2H3. The highest BCUT2D eigenvalue weighted by Gasteiger charge is 2.09. The van der Waals surface area contributed by atoms with E-state index in [2.05, 4.69) is 5.32 Å². The smallest absolute Gasteiger partial charge is 0.253 e. The van der Waals surface area contributed by atoms with E-state index >= 15 is 0 Å². The van der Waals surface area contributed by atoms with E-state index < -0.39 is 0 Å². The monoisotopic (exact) mass is 364 g/mol. The number of nitrogens with two attached hydrogens (primary N) is 1. The maximum Gasteiger partial charge on any atom is 0.253 e. The third-order valence-electron chi connectivity index (χ3n) is 2.82. The van der Waals surface area contributed by atoms with Crippen LogP contribution in [0.4, 0.5) is 5.69 Å². The molecule has 0 unspecified atom stereocenters. The van der Waals surface area contributed by atoms with Crippen LogP contribution in [0.5, 0.6) is 0 Å². The van der Waals surface area contributed by atoms with E-state index in [-0.39, 0.29) is 5.91 Å². The fourth-order valence-corrected chi connectivity index (χ4v) is 1.87. The van der Waals surface area contributed by atoms with Gasteiger partial charge >= 0.3 is 0 Å². The Balaban J connectivity index is 0. The average molecular weight is 365 g/mol. The van der Waals surface area contributed by atoms with E-state index in [9.17, 15) is 4.79 Å². The van der Waals surface area contributed by atoms with Crippen molar-refractivity contribution in [2.24, 2.45) is 0 Å². The van der Waals surface area contributed by atoms with Crippen molar-refractivity contribution in [2.45, 2.75) is 55.0 Å². The van der Waals surface area contributed by atoms with E-state index in [4.69, 9.17) is 17.3 Å². The Labute approximate surface area is 158 Å². The number of halogens is 1. The molecular weight excluding hydrogens is 332 g/mol. The molecule has 140 valence electrons. The fraction of sp³-hybridized carbons (Fsp3) is 0.381. The van der Waals surface area contributed by atoms with Gasteiger partial charge in [-0.1, -0.05) is 76.9 Å². The minimum atomic E-state index is -0.170. The fourth-order valence-electron chi connectivity index (χ4n) is 1.75. The number of hydrogen-bond donors (Lipinski definition) is 2. The van der Waals surface area contributed by atoms with Gasteiger partial charge in [-0.2, -0.15) is 0 Å². The van der Waals surface area contributed by atoms with Crippen LogP contribution < -0.4 is 11.1 Å². The molecular formula is C21H33ClN2O. The van der Waals surface area contributed by atoms with Crippen LogP contribution in [0, 0.1) is 6.92 Å². The molecule has 0 fully saturated rings. The van der Waals surface area contributed by atoms with Gasteiger partial charge in [0.25, 0.3) is 5.91 Å². The second kappa shape index (κ2) is 15.5. The van der Waals surface area contributed by atoms with Gasteiger partial charge in [-0.05, 0) is 36.8 Å². The first-order chi connectivity index (χ1) is 12.1. The number of carbonyl (C=O) groups is 1.